The number of thiophene rings is 1. The van der Waals surface area contributed by atoms with Gasteiger partial charge in [0.1, 0.15) is 0 Å². The van der Waals surface area contributed by atoms with Crippen molar-refractivity contribution in [3.05, 3.63) is 55.3 Å². The molecular weight excluding hydrogens is 392 g/mol. The summed E-state index contributed by atoms with van der Waals surface area (Å²) in [6.07, 6.45) is 0.974. The molecule has 0 radical (unpaired) electrons. The minimum absolute atomic E-state index is 0.211. The number of carbonyl (C=O) groups is 1. The lowest BCUT2D eigenvalue weighted by Crippen LogP contribution is -2.41. The molecule has 1 amide bonds. The number of methoxy groups -OCH3 is 2. The second-order valence-electron chi connectivity index (χ2n) is 8.18. The number of nitrogens with zero attached hydrogens (tertiary/aromatic N) is 1. The van der Waals surface area contributed by atoms with Crippen molar-refractivity contribution in [2.45, 2.75) is 51.1 Å². The Kier molecular flexibility index (Phi) is 5.84. The molecule has 156 valence electrons. The fraction of sp³-hybridized carbons (Fsp3) is 0.476. The average Bonchev–Trinajstić information content (AvgIpc) is 3.13. The minimum atomic E-state index is -0.809. The van der Waals surface area contributed by atoms with Gasteiger partial charge in [-0.1, -0.05) is 0 Å². The van der Waals surface area contributed by atoms with Crippen LogP contribution in [0.25, 0.3) is 0 Å². The zero-order chi connectivity index (χ0) is 21.3. The molecule has 1 heterocycles. The number of hydrogen-bond acceptors (Lipinski definition) is 6. The van der Waals surface area contributed by atoms with Crippen LogP contribution in [0.5, 0.6) is 11.5 Å². The van der Waals surface area contributed by atoms with E-state index >= 15 is 0 Å². The fourth-order valence-electron chi connectivity index (χ4n) is 3.87. The van der Waals surface area contributed by atoms with Gasteiger partial charge in [0.25, 0.3) is 5.91 Å². The maximum absolute atomic E-state index is 12.9. The smallest absolute Gasteiger partial charge is 0.262 e. The molecule has 0 saturated carbocycles. The molecule has 2 aromatic rings. The molecule has 1 aliphatic rings. The number of ether oxygens (including phenoxy) is 2. The van der Waals surface area contributed by atoms with Crippen molar-refractivity contribution in [3.8, 4) is 11.5 Å². The number of hydrogen-bond donors (Lipinski definition) is 1. The van der Waals surface area contributed by atoms with Gasteiger partial charge in [0, 0.05) is 16.9 Å². The Labute approximate surface area is 174 Å². The van der Waals surface area contributed by atoms with Gasteiger partial charge in [-0.2, -0.15) is 0 Å². The summed E-state index contributed by atoms with van der Waals surface area (Å²) in [5.41, 5.74) is 2.09. The molecular formula is C21H26N2O5S. The lowest BCUT2D eigenvalue weighted by atomic mass is 9.75. The average molecular weight is 419 g/mol. The number of rotatable bonds is 5. The van der Waals surface area contributed by atoms with Crippen molar-refractivity contribution >= 4 is 17.2 Å². The second-order valence-corrected chi connectivity index (χ2v) is 9.10. The topological polar surface area (TPSA) is 90.7 Å². The molecule has 0 spiro atoms. The number of aryl methyl sites for hydroxylation is 1. The molecule has 1 aliphatic carbocycles. The van der Waals surface area contributed by atoms with E-state index in [1.54, 1.807) is 14.2 Å². The van der Waals surface area contributed by atoms with E-state index in [0.29, 0.717) is 34.8 Å². The number of nitrogens with one attached hydrogen (secondary N) is 1. The van der Waals surface area contributed by atoms with E-state index in [2.05, 4.69) is 5.32 Å². The molecule has 8 heteroatoms. The first-order valence-corrected chi connectivity index (χ1v) is 10.3. The van der Waals surface area contributed by atoms with Crippen LogP contribution in [-0.2, 0) is 6.42 Å². The number of nitro groups is 1. The van der Waals surface area contributed by atoms with Crippen molar-refractivity contribution in [2.24, 2.45) is 0 Å². The first kappa shape index (κ1) is 21.1. The first-order chi connectivity index (χ1) is 13.7. The lowest BCUT2D eigenvalue weighted by molar-refractivity contribution is -0.526. The fourth-order valence-corrected chi connectivity index (χ4v) is 4.71. The van der Waals surface area contributed by atoms with Gasteiger partial charge in [-0.25, -0.2) is 0 Å². The van der Waals surface area contributed by atoms with Gasteiger partial charge in [-0.05, 0) is 67.5 Å². The highest BCUT2D eigenvalue weighted by atomic mass is 32.1. The lowest BCUT2D eigenvalue weighted by Gasteiger charge is -2.30. The molecule has 1 aromatic carbocycles. The van der Waals surface area contributed by atoms with Crippen molar-refractivity contribution in [1.82, 2.24) is 5.32 Å². The van der Waals surface area contributed by atoms with Crippen molar-refractivity contribution in [3.63, 3.8) is 0 Å². The Bertz CT molecular complexity index is 932. The van der Waals surface area contributed by atoms with E-state index in [4.69, 9.17) is 9.47 Å². The monoisotopic (exact) mass is 418 g/mol. The summed E-state index contributed by atoms with van der Waals surface area (Å²) in [6.45, 7) is 5.72. The summed E-state index contributed by atoms with van der Waals surface area (Å²) in [6, 6.07) is 4.72. The molecule has 29 heavy (non-hydrogen) atoms. The summed E-state index contributed by atoms with van der Waals surface area (Å²) >= 11 is 1.31. The summed E-state index contributed by atoms with van der Waals surface area (Å²) in [7, 11) is 3.11. The van der Waals surface area contributed by atoms with Gasteiger partial charge in [0.2, 0.25) is 6.04 Å². The molecule has 1 N–H and O–H groups in total. The van der Waals surface area contributed by atoms with Gasteiger partial charge < -0.3 is 14.8 Å². The van der Waals surface area contributed by atoms with Gasteiger partial charge in [-0.3, -0.25) is 14.9 Å². The third-order valence-electron chi connectivity index (χ3n) is 5.07. The summed E-state index contributed by atoms with van der Waals surface area (Å²) in [4.78, 5) is 25.1. The van der Waals surface area contributed by atoms with Crippen LogP contribution in [0, 0.1) is 10.1 Å². The Morgan fingerprint density at radius 3 is 2.45 bits per heavy atom. The van der Waals surface area contributed by atoms with Gasteiger partial charge >= 0.3 is 0 Å². The quantitative estimate of drug-likeness (QED) is 0.585. The summed E-state index contributed by atoms with van der Waals surface area (Å²) in [5.74, 6) is 0.384. The van der Waals surface area contributed by atoms with Crippen LogP contribution in [-0.4, -0.2) is 36.6 Å². The molecule has 2 atom stereocenters. The van der Waals surface area contributed by atoms with Crippen LogP contribution in [0.15, 0.2) is 23.6 Å². The van der Waals surface area contributed by atoms with E-state index in [9.17, 15) is 14.9 Å². The number of fused-ring (bicyclic) bond motifs is 1. The zero-order valence-corrected chi connectivity index (χ0v) is 18.1. The normalized spacial score (nSPS) is 18.7. The summed E-state index contributed by atoms with van der Waals surface area (Å²) in [5, 5.41) is 16.7. The number of amides is 1. The van der Waals surface area contributed by atoms with E-state index in [-0.39, 0.29) is 10.8 Å². The van der Waals surface area contributed by atoms with Crippen LogP contribution >= 0.6 is 11.3 Å². The highest BCUT2D eigenvalue weighted by Crippen LogP contribution is 2.44. The second kappa shape index (κ2) is 8.02. The number of carbonyl (C=O) groups excluding carboxylic acids is 1. The third kappa shape index (κ3) is 4.22. The highest BCUT2D eigenvalue weighted by Gasteiger charge is 2.41. The zero-order valence-electron chi connectivity index (χ0n) is 17.3. The van der Waals surface area contributed by atoms with Crippen LogP contribution in [0.2, 0.25) is 0 Å². The van der Waals surface area contributed by atoms with Crippen LogP contribution in [0.3, 0.4) is 0 Å². The molecule has 0 bridgehead atoms. The Morgan fingerprint density at radius 1 is 1.21 bits per heavy atom. The van der Waals surface area contributed by atoms with Crippen LogP contribution < -0.4 is 14.8 Å². The molecule has 1 aromatic heterocycles. The van der Waals surface area contributed by atoms with E-state index < -0.39 is 17.5 Å². The van der Waals surface area contributed by atoms with E-state index in [0.717, 1.165) is 11.1 Å². The molecule has 7 nitrogen and oxygen atoms in total. The van der Waals surface area contributed by atoms with Gasteiger partial charge in [-0.15, -0.1) is 11.3 Å². The van der Waals surface area contributed by atoms with Crippen molar-refractivity contribution < 1.29 is 19.2 Å². The van der Waals surface area contributed by atoms with Crippen molar-refractivity contribution in [1.29, 1.82) is 0 Å². The maximum Gasteiger partial charge on any atom is 0.262 e. The van der Waals surface area contributed by atoms with Gasteiger partial charge in [0.15, 0.2) is 11.5 Å². The standard InChI is InChI=1S/C21H26N2O5S/c1-21(2,3)22-20(24)19-13(8-9-29-19)18-14-11-17(28-5)16(27-4)10-12(14)6-7-15(18)23(25)26/h8-11,15,18H,6-7H2,1-5H3,(H,22,24)/t15-,18-/m0/s1. The highest BCUT2D eigenvalue weighted by molar-refractivity contribution is 7.12. The van der Waals surface area contributed by atoms with Gasteiger partial charge in [0.05, 0.1) is 25.0 Å². The molecule has 0 saturated heterocycles. The van der Waals surface area contributed by atoms with Crippen molar-refractivity contribution in [2.75, 3.05) is 14.2 Å². The Hall–Kier alpha value is -2.61. The largest absolute Gasteiger partial charge is 0.493 e. The predicted molar refractivity (Wildman–Crippen MR) is 112 cm³/mol. The van der Waals surface area contributed by atoms with Crippen LogP contribution in [0.1, 0.15) is 59.5 Å². The Balaban J connectivity index is 2.14. The molecule has 0 fully saturated rings. The third-order valence-corrected chi connectivity index (χ3v) is 6.00. The van der Waals surface area contributed by atoms with E-state index in [1.165, 1.54) is 11.3 Å². The van der Waals surface area contributed by atoms with Crippen LogP contribution in [0.4, 0.5) is 0 Å². The minimum Gasteiger partial charge on any atom is -0.493 e. The van der Waals surface area contributed by atoms with E-state index in [1.807, 2.05) is 44.4 Å². The number of benzene rings is 1. The maximum atomic E-state index is 12.9. The summed E-state index contributed by atoms with van der Waals surface area (Å²) < 4.78 is 10.8. The predicted octanol–water partition coefficient (Wildman–Crippen LogP) is 4.02. The molecule has 0 aliphatic heterocycles. The molecule has 3 rings (SSSR count). The SMILES string of the molecule is COc1cc2c(cc1OC)[C@H](c1ccsc1C(=O)NC(C)(C)C)[C@@H]([N+](=O)[O-])CC2. The first-order valence-electron chi connectivity index (χ1n) is 9.44. The molecule has 0 unspecified atom stereocenters. The Morgan fingerprint density at radius 2 is 1.86 bits per heavy atom.